The number of nitro groups is 1. The number of nitrogens with zero attached hydrogens (tertiary/aromatic N) is 2. The molecule has 0 spiro atoms. The number of nitrogens with two attached hydrogens (primary N) is 1. The Morgan fingerprint density at radius 3 is 2.83 bits per heavy atom. The molecule has 9 nitrogen and oxygen atoms in total. The molecule has 0 bridgehead atoms. The van der Waals surface area contributed by atoms with Crippen molar-refractivity contribution < 1.29 is 19.2 Å². The van der Waals surface area contributed by atoms with Crippen molar-refractivity contribution in [1.82, 2.24) is 4.57 Å². The van der Waals surface area contributed by atoms with Crippen LogP contribution < -0.4 is 16.0 Å². The summed E-state index contributed by atoms with van der Waals surface area (Å²) in [4.78, 5) is 35.4. The van der Waals surface area contributed by atoms with Gasteiger partial charge in [0.25, 0.3) is 5.56 Å². The van der Waals surface area contributed by atoms with Gasteiger partial charge in [0.05, 0.1) is 27.9 Å². The molecule has 2 N–H and O–H groups in total. The molecule has 0 saturated heterocycles. The molecule has 1 aromatic carbocycles. The molecule has 2 aromatic rings. The van der Waals surface area contributed by atoms with Crippen LogP contribution in [0, 0.1) is 10.1 Å². The molecule has 3 rings (SSSR count). The fourth-order valence-electron chi connectivity index (χ4n) is 2.81. The third-order valence-electron chi connectivity index (χ3n) is 3.89. The molecule has 1 atom stereocenters. The maximum atomic E-state index is 12.7. The van der Waals surface area contributed by atoms with Crippen LogP contribution >= 0.6 is 15.9 Å². The van der Waals surface area contributed by atoms with Crippen molar-refractivity contribution in [3.05, 3.63) is 36.6 Å². The minimum absolute atomic E-state index is 0.0438. The highest BCUT2D eigenvalue weighted by Gasteiger charge is 2.33. The first-order chi connectivity index (χ1) is 11.3. The molecule has 0 saturated carbocycles. The first kappa shape index (κ1) is 16.2. The molecular formula is C14H12BrN3O6. The summed E-state index contributed by atoms with van der Waals surface area (Å²) in [5, 5.41) is 11.5. The van der Waals surface area contributed by atoms with Crippen molar-refractivity contribution in [3.63, 3.8) is 0 Å². The van der Waals surface area contributed by atoms with Crippen LogP contribution in [0.2, 0.25) is 0 Å². The maximum absolute atomic E-state index is 12.7. The molecule has 0 aliphatic carbocycles. The second-order valence-electron chi connectivity index (χ2n) is 5.31. The van der Waals surface area contributed by atoms with Gasteiger partial charge in [-0.25, -0.2) is 4.79 Å². The second-order valence-corrected chi connectivity index (χ2v) is 6.10. The Kier molecular flexibility index (Phi) is 3.71. The van der Waals surface area contributed by atoms with Crippen molar-refractivity contribution in [2.24, 2.45) is 0 Å². The summed E-state index contributed by atoms with van der Waals surface area (Å²) in [7, 11) is 1.13. The van der Waals surface area contributed by atoms with Gasteiger partial charge in [-0.1, -0.05) is 0 Å². The van der Waals surface area contributed by atoms with E-state index in [2.05, 4.69) is 20.7 Å². The standard InChI is InChI=1S/C14H12BrN3O6/c1-5-4-24-12-8(15)9(16)10(18(21)22)6-3-7(14(20)23-2)13(19)17(5)11(6)12/h3,5H,4,16H2,1-2H3/t5-/m0/s1. The topological polar surface area (TPSA) is 127 Å². The van der Waals surface area contributed by atoms with Crippen molar-refractivity contribution in [2.75, 3.05) is 19.5 Å². The lowest BCUT2D eigenvalue weighted by Crippen LogP contribution is -2.34. The number of carbonyl (C=O) groups excluding carboxylic acids is 1. The number of methoxy groups -OCH3 is 1. The Bertz CT molecular complexity index is 968. The predicted octanol–water partition coefficient (Wildman–Crippen LogP) is 1.99. The summed E-state index contributed by atoms with van der Waals surface area (Å²) in [5.41, 5.74) is 4.64. The summed E-state index contributed by atoms with van der Waals surface area (Å²) in [6.07, 6.45) is 0. The van der Waals surface area contributed by atoms with Gasteiger partial charge in [0, 0.05) is 0 Å². The summed E-state index contributed by atoms with van der Waals surface area (Å²) in [5.74, 6) is -0.638. The maximum Gasteiger partial charge on any atom is 0.343 e. The largest absolute Gasteiger partial charge is 0.488 e. The average Bonchev–Trinajstić information content (AvgIpc) is 2.54. The predicted molar refractivity (Wildman–Crippen MR) is 88.5 cm³/mol. The molecule has 0 unspecified atom stereocenters. The van der Waals surface area contributed by atoms with Gasteiger partial charge >= 0.3 is 11.7 Å². The van der Waals surface area contributed by atoms with Gasteiger partial charge in [0.2, 0.25) is 0 Å². The smallest absolute Gasteiger partial charge is 0.343 e. The van der Waals surface area contributed by atoms with Gasteiger partial charge in [-0.3, -0.25) is 19.5 Å². The Labute approximate surface area is 143 Å². The number of halogens is 1. The molecule has 24 heavy (non-hydrogen) atoms. The van der Waals surface area contributed by atoms with Crippen LogP contribution in [0.4, 0.5) is 11.4 Å². The molecule has 10 heteroatoms. The zero-order valence-electron chi connectivity index (χ0n) is 12.7. The normalized spacial score (nSPS) is 15.9. The lowest BCUT2D eigenvalue weighted by Gasteiger charge is -2.27. The number of rotatable bonds is 2. The van der Waals surface area contributed by atoms with E-state index in [0.717, 1.165) is 13.2 Å². The number of carbonyl (C=O) groups is 1. The van der Waals surface area contributed by atoms with Gasteiger partial charge in [0.15, 0.2) is 5.75 Å². The fourth-order valence-corrected chi connectivity index (χ4v) is 3.30. The molecule has 126 valence electrons. The molecule has 0 fully saturated rings. The number of aromatic nitrogens is 1. The highest BCUT2D eigenvalue weighted by atomic mass is 79.9. The zero-order valence-corrected chi connectivity index (χ0v) is 14.2. The third kappa shape index (κ3) is 2.06. The number of hydrogen-bond acceptors (Lipinski definition) is 7. The number of benzene rings is 1. The van der Waals surface area contributed by atoms with Crippen LogP contribution in [-0.2, 0) is 4.74 Å². The van der Waals surface area contributed by atoms with E-state index < -0.39 is 28.2 Å². The van der Waals surface area contributed by atoms with Crippen LogP contribution in [0.15, 0.2) is 15.3 Å². The molecule has 2 heterocycles. The van der Waals surface area contributed by atoms with Gasteiger partial charge < -0.3 is 15.2 Å². The number of pyridine rings is 1. The van der Waals surface area contributed by atoms with Crippen LogP contribution in [0.1, 0.15) is 23.3 Å². The number of nitro benzene ring substituents is 1. The number of hydrogen-bond donors (Lipinski definition) is 1. The van der Waals surface area contributed by atoms with E-state index in [1.807, 2.05) is 0 Å². The molecule has 1 aromatic heterocycles. The van der Waals surface area contributed by atoms with Crippen molar-refractivity contribution in [1.29, 1.82) is 0 Å². The van der Waals surface area contributed by atoms with Gasteiger partial charge in [-0.2, -0.15) is 0 Å². The Hall–Kier alpha value is -2.62. The number of ether oxygens (including phenoxy) is 2. The summed E-state index contributed by atoms with van der Waals surface area (Å²) >= 11 is 3.19. The first-order valence-electron chi connectivity index (χ1n) is 6.85. The monoisotopic (exact) mass is 397 g/mol. The number of anilines is 1. The lowest BCUT2D eigenvalue weighted by atomic mass is 10.1. The highest BCUT2D eigenvalue weighted by Crippen LogP contribution is 2.47. The minimum atomic E-state index is -0.873. The average molecular weight is 398 g/mol. The Balaban J connectivity index is 2.62. The highest BCUT2D eigenvalue weighted by molar-refractivity contribution is 9.10. The Morgan fingerprint density at radius 1 is 1.58 bits per heavy atom. The summed E-state index contributed by atoms with van der Waals surface area (Å²) in [6, 6.07) is 0.707. The molecular weight excluding hydrogens is 386 g/mol. The Morgan fingerprint density at radius 2 is 2.25 bits per heavy atom. The summed E-state index contributed by atoms with van der Waals surface area (Å²) in [6.45, 7) is 1.86. The minimum Gasteiger partial charge on any atom is -0.488 e. The SMILES string of the molecule is COC(=O)c1cc2c([N+](=O)[O-])c(N)c(Br)c3c2n(c1=O)[C@@H](C)CO3. The second kappa shape index (κ2) is 5.48. The van der Waals surface area contributed by atoms with E-state index >= 15 is 0 Å². The third-order valence-corrected chi connectivity index (χ3v) is 4.68. The van der Waals surface area contributed by atoms with Gasteiger partial charge in [-0.05, 0) is 28.9 Å². The zero-order chi connectivity index (χ0) is 17.8. The van der Waals surface area contributed by atoms with E-state index in [0.29, 0.717) is 0 Å². The van der Waals surface area contributed by atoms with Crippen LogP contribution in [0.3, 0.4) is 0 Å². The first-order valence-corrected chi connectivity index (χ1v) is 7.64. The molecule has 0 amide bonds. The van der Waals surface area contributed by atoms with Crippen LogP contribution in [-0.4, -0.2) is 29.2 Å². The molecule has 1 aliphatic heterocycles. The van der Waals surface area contributed by atoms with E-state index in [1.54, 1.807) is 6.92 Å². The van der Waals surface area contributed by atoms with Crippen LogP contribution in [0.5, 0.6) is 5.75 Å². The molecule has 0 radical (unpaired) electrons. The van der Waals surface area contributed by atoms with E-state index in [1.165, 1.54) is 4.57 Å². The van der Waals surface area contributed by atoms with E-state index in [9.17, 15) is 19.7 Å². The van der Waals surface area contributed by atoms with Gasteiger partial charge in [0.1, 0.15) is 23.4 Å². The van der Waals surface area contributed by atoms with Crippen molar-refractivity contribution >= 4 is 44.2 Å². The quantitative estimate of drug-likeness (QED) is 0.355. The lowest BCUT2D eigenvalue weighted by molar-refractivity contribution is -0.382. The van der Waals surface area contributed by atoms with Crippen molar-refractivity contribution in [2.45, 2.75) is 13.0 Å². The number of nitrogen functional groups attached to an aromatic ring is 1. The van der Waals surface area contributed by atoms with E-state index in [-0.39, 0.29) is 39.0 Å². The molecule has 1 aliphatic rings. The van der Waals surface area contributed by atoms with Crippen molar-refractivity contribution in [3.8, 4) is 5.75 Å². The fraction of sp³-hybridized carbons (Fsp3) is 0.286. The van der Waals surface area contributed by atoms with Gasteiger partial charge in [-0.15, -0.1) is 0 Å². The van der Waals surface area contributed by atoms with Crippen LogP contribution in [0.25, 0.3) is 10.9 Å². The van der Waals surface area contributed by atoms with E-state index in [4.69, 9.17) is 10.5 Å². The summed E-state index contributed by atoms with van der Waals surface area (Å²) < 4.78 is 11.7. The number of esters is 1.